The summed E-state index contributed by atoms with van der Waals surface area (Å²) in [5.41, 5.74) is 6.33. The Morgan fingerprint density at radius 2 is 1.66 bits per heavy atom. The Labute approximate surface area is 207 Å². The summed E-state index contributed by atoms with van der Waals surface area (Å²) in [5.74, 6) is -2.06. The van der Waals surface area contributed by atoms with Gasteiger partial charge in [-0.15, -0.1) is 0 Å². The minimum atomic E-state index is -1.40. The number of nitrogens with zero attached hydrogens (tertiary/aromatic N) is 1. The maximum absolute atomic E-state index is 13.7. The van der Waals surface area contributed by atoms with Crippen LogP contribution >= 0.6 is 0 Å². The number of benzene rings is 1. The number of aryl methyl sites for hydroxylation is 2. The molecule has 10 nitrogen and oxygen atoms in total. The van der Waals surface area contributed by atoms with Gasteiger partial charge in [0, 0.05) is 12.1 Å². The number of hydrogen-bond donors (Lipinski definition) is 4. The summed E-state index contributed by atoms with van der Waals surface area (Å²) in [6.07, 6.45) is -1.43. The summed E-state index contributed by atoms with van der Waals surface area (Å²) in [6.45, 7) is 13.5. The van der Waals surface area contributed by atoms with E-state index in [1.165, 1.54) is 0 Å². The third-order valence-electron chi connectivity index (χ3n) is 4.92. The molecule has 0 aromatic heterocycles. The van der Waals surface area contributed by atoms with Crippen LogP contribution in [0.1, 0.15) is 70.7 Å². The first-order valence-corrected chi connectivity index (χ1v) is 11.5. The quantitative estimate of drug-likeness (QED) is 0.413. The summed E-state index contributed by atoms with van der Waals surface area (Å²) >= 11 is 0. The second-order valence-corrected chi connectivity index (χ2v) is 10.6. The molecule has 0 bridgehead atoms. The van der Waals surface area contributed by atoms with Gasteiger partial charge < -0.3 is 31.1 Å². The Morgan fingerprint density at radius 3 is 2.11 bits per heavy atom. The molecule has 0 aliphatic carbocycles. The molecule has 0 saturated heterocycles. The van der Waals surface area contributed by atoms with Crippen molar-refractivity contribution >= 4 is 23.8 Å². The molecule has 10 heteroatoms. The zero-order valence-corrected chi connectivity index (χ0v) is 22.0. The van der Waals surface area contributed by atoms with Crippen LogP contribution in [0.3, 0.4) is 0 Å². The van der Waals surface area contributed by atoms with Crippen LogP contribution < -0.4 is 16.4 Å². The van der Waals surface area contributed by atoms with Crippen molar-refractivity contribution in [1.82, 2.24) is 15.5 Å². The fraction of sp³-hybridized carbons (Fsp3) is 0.600. The third kappa shape index (κ3) is 9.94. The largest absolute Gasteiger partial charge is 0.444 e. The smallest absolute Gasteiger partial charge is 0.408 e. The van der Waals surface area contributed by atoms with Crippen molar-refractivity contribution in [2.45, 2.75) is 85.0 Å². The van der Waals surface area contributed by atoms with Crippen LogP contribution in [-0.2, 0) is 19.1 Å². The number of amides is 4. The number of aliphatic hydroxyl groups is 1. The number of ether oxygens (including phenoxy) is 1. The van der Waals surface area contributed by atoms with Gasteiger partial charge in [0.15, 0.2) is 0 Å². The summed E-state index contributed by atoms with van der Waals surface area (Å²) < 4.78 is 5.23. The fourth-order valence-corrected chi connectivity index (χ4v) is 3.37. The van der Waals surface area contributed by atoms with Crippen LogP contribution in [0.25, 0.3) is 0 Å². The number of rotatable bonds is 9. The topological polar surface area (TPSA) is 151 Å². The monoisotopic (exact) mass is 492 g/mol. The number of nitrogens with one attached hydrogen (secondary N) is 2. The van der Waals surface area contributed by atoms with Crippen LogP contribution in [0.5, 0.6) is 0 Å². The number of nitrogens with two attached hydrogens (primary N) is 1. The second kappa shape index (κ2) is 12.0. The third-order valence-corrected chi connectivity index (χ3v) is 4.92. The van der Waals surface area contributed by atoms with Crippen LogP contribution in [0.15, 0.2) is 18.2 Å². The summed E-state index contributed by atoms with van der Waals surface area (Å²) in [5, 5.41) is 15.0. The normalized spacial score (nSPS) is 13.4. The molecular weight excluding hydrogens is 452 g/mol. The molecule has 0 fully saturated rings. The molecule has 5 N–H and O–H groups in total. The molecule has 196 valence electrons. The van der Waals surface area contributed by atoms with E-state index in [4.69, 9.17) is 10.5 Å². The zero-order chi connectivity index (χ0) is 27.1. The average molecular weight is 493 g/mol. The Kier molecular flexibility index (Phi) is 10.3. The molecule has 0 heterocycles. The van der Waals surface area contributed by atoms with E-state index >= 15 is 0 Å². The maximum Gasteiger partial charge on any atom is 0.408 e. The lowest BCUT2D eigenvalue weighted by atomic mass is 9.97. The summed E-state index contributed by atoms with van der Waals surface area (Å²) in [4.78, 5) is 52.4. The lowest BCUT2D eigenvalue weighted by molar-refractivity contribution is -0.144. The van der Waals surface area contributed by atoms with Crippen molar-refractivity contribution in [3.63, 3.8) is 0 Å². The highest BCUT2D eigenvalue weighted by Crippen LogP contribution is 2.26. The minimum Gasteiger partial charge on any atom is -0.444 e. The van der Waals surface area contributed by atoms with E-state index in [9.17, 15) is 24.3 Å². The van der Waals surface area contributed by atoms with E-state index in [0.29, 0.717) is 5.56 Å². The van der Waals surface area contributed by atoms with E-state index in [1.807, 2.05) is 19.9 Å². The first kappa shape index (κ1) is 29.9. The van der Waals surface area contributed by atoms with Gasteiger partial charge in [0.25, 0.3) is 0 Å². The zero-order valence-electron chi connectivity index (χ0n) is 22.0. The van der Waals surface area contributed by atoms with Crippen molar-refractivity contribution in [3.8, 4) is 0 Å². The van der Waals surface area contributed by atoms with Crippen molar-refractivity contribution < 1.29 is 29.0 Å². The molecule has 1 rings (SSSR count). The Morgan fingerprint density at radius 1 is 1.06 bits per heavy atom. The molecule has 1 aromatic carbocycles. The highest BCUT2D eigenvalue weighted by molar-refractivity contribution is 5.94. The van der Waals surface area contributed by atoms with Gasteiger partial charge in [0.1, 0.15) is 17.7 Å². The van der Waals surface area contributed by atoms with Crippen LogP contribution in [0, 0.1) is 13.8 Å². The van der Waals surface area contributed by atoms with E-state index in [-0.39, 0.29) is 6.54 Å². The van der Waals surface area contributed by atoms with Crippen molar-refractivity contribution in [1.29, 1.82) is 0 Å². The van der Waals surface area contributed by atoms with E-state index in [2.05, 4.69) is 10.6 Å². The standard InChI is InChI=1S/C25H40N4O6/c1-15-9-10-17(13-16(15)2)20(21(32)28-24(3,4)5)29(11-12-30)22(33)18(14-19(26)31)27-23(34)35-25(6,7)8/h9-10,13,18,20,30H,11-12,14H2,1-8H3,(H2,26,31)(H,27,34)(H,28,32). The highest BCUT2D eigenvalue weighted by atomic mass is 16.6. The van der Waals surface area contributed by atoms with Gasteiger partial charge >= 0.3 is 6.09 Å². The molecule has 2 atom stereocenters. The SMILES string of the molecule is Cc1ccc(C(C(=O)NC(C)(C)C)N(CCO)C(=O)C(CC(N)=O)NC(=O)OC(C)(C)C)cc1C. The number of alkyl carbamates (subject to hydrolysis) is 1. The number of carbonyl (C=O) groups excluding carboxylic acids is 4. The van der Waals surface area contributed by atoms with Crippen molar-refractivity contribution in [3.05, 3.63) is 34.9 Å². The van der Waals surface area contributed by atoms with Gasteiger partial charge in [-0.3, -0.25) is 14.4 Å². The van der Waals surface area contributed by atoms with Gasteiger partial charge in [-0.25, -0.2) is 4.79 Å². The Bertz CT molecular complexity index is 933. The number of hydrogen-bond acceptors (Lipinski definition) is 6. The molecule has 35 heavy (non-hydrogen) atoms. The first-order chi connectivity index (χ1) is 15.9. The van der Waals surface area contributed by atoms with Gasteiger partial charge in [-0.05, 0) is 72.1 Å². The minimum absolute atomic E-state index is 0.223. The van der Waals surface area contributed by atoms with E-state index in [1.54, 1.807) is 53.7 Å². The number of primary amides is 1. The predicted octanol–water partition coefficient (Wildman–Crippen LogP) is 1.85. The van der Waals surface area contributed by atoms with Crippen molar-refractivity contribution in [2.75, 3.05) is 13.2 Å². The van der Waals surface area contributed by atoms with Gasteiger partial charge in [0.2, 0.25) is 17.7 Å². The Hall–Kier alpha value is -3.14. The molecule has 0 radical (unpaired) electrons. The molecule has 2 unspecified atom stereocenters. The molecule has 0 saturated carbocycles. The molecule has 0 aliphatic rings. The second-order valence-electron chi connectivity index (χ2n) is 10.6. The van der Waals surface area contributed by atoms with Gasteiger partial charge in [0.05, 0.1) is 13.0 Å². The molecular formula is C25H40N4O6. The van der Waals surface area contributed by atoms with Crippen LogP contribution in [0.2, 0.25) is 0 Å². The average Bonchev–Trinajstić information content (AvgIpc) is 2.66. The van der Waals surface area contributed by atoms with Crippen LogP contribution in [0.4, 0.5) is 4.79 Å². The van der Waals surface area contributed by atoms with Crippen molar-refractivity contribution in [2.24, 2.45) is 5.73 Å². The lowest BCUT2D eigenvalue weighted by Gasteiger charge is -2.35. The maximum atomic E-state index is 13.7. The van der Waals surface area contributed by atoms with Gasteiger partial charge in [-0.2, -0.15) is 0 Å². The highest BCUT2D eigenvalue weighted by Gasteiger charge is 2.37. The van der Waals surface area contributed by atoms with E-state index in [0.717, 1.165) is 16.0 Å². The molecule has 1 aromatic rings. The summed E-state index contributed by atoms with van der Waals surface area (Å²) in [7, 11) is 0. The number of aliphatic hydroxyl groups excluding tert-OH is 1. The number of carbonyl (C=O) groups is 4. The van der Waals surface area contributed by atoms with Crippen LogP contribution in [-0.4, -0.2) is 64.2 Å². The lowest BCUT2D eigenvalue weighted by Crippen LogP contribution is -2.56. The van der Waals surface area contributed by atoms with Gasteiger partial charge in [-0.1, -0.05) is 18.2 Å². The summed E-state index contributed by atoms with van der Waals surface area (Å²) in [6, 6.07) is 2.83. The fourth-order valence-electron chi connectivity index (χ4n) is 3.37. The van der Waals surface area contributed by atoms with E-state index < -0.39 is 60.1 Å². The first-order valence-electron chi connectivity index (χ1n) is 11.5. The predicted molar refractivity (Wildman–Crippen MR) is 132 cm³/mol. The molecule has 0 spiro atoms. The Balaban J connectivity index is 3.52. The molecule has 0 aliphatic heterocycles. The molecule has 4 amide bonds.